The van der Waals surface area contributed by atoms with Crippen molar-refractivity contribution in [3.63, 3.8) is 0 Å². The first-order valence-electron chi connectivity index (χ1n) is 7.37. The predicted octanol–water partition coefficient (Wildman–Crippen LogP) is 2.27. The average Bonchev–Trinajstić information content (AvgIpc) is 2.90. The summed E-state index contributed by atoms with van der Waals surface area (Å²) in [5.74, 6) is -0.00551. The van der Waals surface area contributed by atoms with Gasteiger partial charge >= 0.3 is 0 Å². The highest BCUT2D eigenvalue weighted by molar-refractivity contribution is 6.12. The first-order valence-corrected chi connectivity index (χ1v) is 7.37. The molecule has 2 N–H and O–H groups in total. The summed E-state index contributed by atoms with van der Waals surface area (Å²) in [6.45, 7) is 4.51. The van der Waals surface area contributed by atoms with Gasteiger partial charge in [-0.05, 0) is 32.0 Å². The zero-order valence-electron chi connectivity index (χ0n) is 13.3. The van der Waals surface area contributed by atoms with Gasteiger partial charge in [-0.25, -0.2) is 0 Å². The number of rotatable bonds is 3. The van der Waals surface area contributed by atoms with E-state index in [1.165, 1.54) is 0 Å². The number of ether oxygens (including phenoxy) is 1. The second-order valence-corrected chi connectivity index (χ2v) is 6.20. The fourth-order valence-electron chi connectivity index (χ4n) is 2.81. The molecule has 0 saturated carbocycles. The van der Waals surface area contributed by atoms with E-state index < -0.39 is 0 Å². The first kappa shape index (κ1) is 15.1. The number of fused-ring (bicyclic) bond motifs is 1. The molecular weight excluding hydrogens is 294 g/mol. The summed E-state index contributed by atoms with van der Waals surface area (Å²) in [6, 6.07) is 8.82. The Morgan fingerprint density at radius 2 is 2.04 bits per heavy atom. The molecule has 2 aromatic rings. The molecule has 2 amide bonds. The van der Waals surface area contributed by atoms with Crippen LogP contribution in [0, 0.1) is 0 Å². The van der Waals surface area contributed by atoms with Gasteiger partial charge in [0.2, 0.25) is 0 Å². The van der Waals surface area contributed by atoms with Crippen molar-refractivity contribution in [1.29, 1.82) is 0 Å². The van der Waals surface area contributed by atoms with Gasteiger partial charge in [0.1, 0.15) is 11.4 Å². The smallest absolute Gasteiger partial charge is 0.269 e. The fraction of sp³-hybridized carbons (Fsp3) is 0.294. The summed E-state index contributed by atoms with van der Waals surface area (Å²) in [6.07, 6.45) is 1.77. The van der Waals surface area contributed by atoms with E-state index in [1.54, 1.807) is 31.5 Å². The maximum absolute atomic E-state index is 12.6. The van der Waals surface area contributed by atoms with Crippen LogP contribution in [0.25, 0.3) is 0 Å². The van der Waals surface area contributed by atoms with Crippen LogP contribution in [0.1, 0.15) is 34.7 Å². The van der Waals surface area contributed by atoms with Gasteiger partial charge in [-0.15, -0.1) is 0 Å². The Bertz CT molecular complexity index is 777. The normalized spacial score (nSPS) is 15.5. The van der Waals surface area contributed by atoms with Crippen molar-refractivity contribution in [2.45, 2.75) is 25.9 Å². The largest absolute Gasteiger partial charge is 0.495 e. The molecule has 0 saturated heterocycles. The molecule has 6 heteroatoms. The number of amides is 2. The molecular formula is C17H19N3O3. The second kappa shape index (κ2) is 5.46. The average molecular weight is 313 g/mol. The highest BCUT2D eigenvalue weighted by atomic mass is 16.5. The minimum atomic E-state index is -0.335. The molecule has 0 radical (unpaired) electrons. The third-order valence-corrected chi connectivity index (χ3v) is 3.80. The molecule has 1 aromatic carbocycles. The van der Waals surface area contributed by atoms with Crippen LogP contribution in [0.2, 0.25) is 0 Å². The minimum Gasteiger partial charge on any atom is -0.495 e. The van der Waals surface area contributed by atoms with Crippen molar-refractivity contribution in [2.75, 3.05) is 12.4 Å². The van der Waals surface area contributed by atoms with Crippen molar-refractivity contribution in [3.8, 4) is 5.75 Å². The van der Waals surface area contributed by atoms with Crippen molar-refractivity contribution in [2.24, 2.45) is 0 Å². The second-order valence-electron chi connectivity index (χ2n) is 6.20. The van der Waals surface area contributed by atoms with E-state index in [1.807, 2.05) is 30.5 Å². The number of benzene rings is 1. The van der Waals surface area contributed by atoms with E-state index in [4.69, 9.17) is 4.74 Å². The van der Waals surface area contributed by atoms with Crippen LogP contribution < -0.4 is 15.4 Å². The molecule has 0 aliphatic carbocycles. The summed E-state index contributed by atoms with van der Waals surface area (Å²) in [5.41, 5.74) is 0.969. The number of aromatic nitrogens is 1. The standard InChI is InChI=1S/C17H19N3O3/c1-17(2)10-20-9-8-11(14(20)16(22)19-17)15(21)18-12-6-4-5-7-13(12)23-3/h4-9H,10H2,1-3H3,(H,18,21)(H,19,22). The molecule has 1 aliphatic heterocycles. The van der Waals surface area contributed by atoms with Crippen molar-refractivity contribution >= 4 is 17.5 Å². The van der Waals surface area contributed by atoms with Gasteiger partial charge < -0.3 is 19.9 Å². The van der Waals surface area contributed by atoms with Crippen molar-refractivity contribution in [3.05, 3.63) is 47.8 Å². The van der Waals surface area contributed by atoms with Gasteiger partial charge in [-0.1, -0.05) is 12.1 Å². The molecule has 0 spiro atoms. The third kappa shape index (κ3) is 2.79. The molecule has 0 bridgehead atoms. The van der Waals surface area contributed by atoms with E-state index in [9.17, 15) is 9.59 Å². The number of anilines is 1. The Labute approximate surface area is 134 Å². The summed E-state index contributed by atoms with van der Waals surface area (Å²) < 4.78 is 7.04. The number of hydrogen-bond donors (Lipinski definition) is 2. The molecule has 23 heavy (non-hydrogen) atoms. The fourth-order valence-corrected chi connectivity index (χ4v) is 2.81. The number of nitrogens with one attached hydrogen (secondary N) is 2. The molecule has 1 aliphatic rings. The van der Waals surface area contributed by atoms with Crippen LogP contribution in [-0.2, 0) is 6.54 Å². The van der Waals surface area contributed by atoms with Gasteiger partial charge in [-0.3, -0.25) is 9.59 Å². The summed E-state index contributed by atoms with van der Waals surface area (Å²) in [7, 11) is 1.54. The van der Waals surface area contributed by atoms with Crippen LogP contribution in [0.5, 0.6) is 5.75 Å². The Balaban J connectivity index is 1.90. The first-order chi connectivity index (χ1) is 10.9. The van der Waals surface area contributed by atoms with Crippen molar-refractivity contribution < 1.29 is 14.3 Å². The van der Waals surface area contributed by atoms with Crippen LogP contribution in [0.15, 0.2) is 36.5 Å². The van der Waals surface area contributed by atoms with Crippen LogP contribution in [-0.4, -0.2) is 29.0 Å². The van der Waals surface area contributed by atoms with Crippen LogP contribution in [0.4, 0.5) is 5.69 Å². The maximum atomic E-state index is 12.6. The van der Waals surface area contributed by atoms with E-state index in [-0.39, 0.29) is 17.4 Å². The number of carbonyl (C=O) groups is 2. The Kier molecular flexibility index (Phi) is 3.60. The summed E-state index contributed by atoms with van der Waals surface area (Å²) in [5, 5.41) is 5.71. The van der Waals surface area contributed by atoms with Gasteiger partial charge in [0.15, 0.2) is 0 Å². The molecule has 2 heterocycles. The predicted molar refractivity (Wildman–Crippen MR) is 86.9 cm³/mol. The van der Waals surface area contributed by atoms with Gasteiger partial charge in [0, 0.05) is 12.7 Å². The lowest BCUT2D eigenvalue weighted by molar-refractivity contribution is 0.0853. The number of carbonyl (C=O) groups excluding carboxylic acids is 2. The SMILES string of the molecule is COc1ccccc1NC(=O)c1ccn2c1C(=O)NC(C)(C)C2. The quantitative estimate of drug-likeness (QED) is 0.913. The number of para-hydroxylation sites is 2. The van der Waals surface area contributed by atoms with Gasteiger partial charge in [0.25, 0.3) is 11.8 Å². The lowest BCUT2D eigenvalue weighted by atomic mass is 10.0. The van der Waals surface area contributed by atoms with Crippen LogP contribution in [0.3, 0.4) is 0 Å². The monoisotopic (exact) mass is 313 g/mol. The zero-order valence-corrected chi connectivity index (χ0v) is 13.3. The van der Waals surface area contributed by atoms with Crippen molar-refractivity contribution in [1.82, 2.24) is 9.88 Å². The molecule has 120 valence electrons. The summed E-state index contributed by atoms with van der Waals surface area (Å²) in [4.78, 5) is 24.9. The van der Waals surface area contributed by atoms with E-state index >= 15 is 0 Å². The van der Waals surface area contributed by atoms with Crippen LogP contribution >= 0.6 is 0 Å². The number of methoxy groups -OCH3 is 1. The van der Waals surface area contributed by atoms with E-state index in [0.717, 1.165) is 0 Å². The molecule has 6 nitrogen and oxygen atoms in total. The summed E-state index contributed by atoms with van der Waals surface area (Å²) >= 11 is 0. The highest BCUT2D eigenvalue weighted by Crippen LogP contribution is 2.26. The van der Waals surface area contributed by atoms with Gasteiger partial charge in [0.05, 0.1) is 23.9 Å². The maximum Gasteiger partial charge on any atom is 0.269 e. The highest BCUT2D eigenvalue weighted by Gasteiger charge is 2.33. The lowest BCUT2D eigenvalue weighted by Gasteiger charge is -2.32. The molecule has 3 rings (SSSR count). The molecule has 0 fully saturated rings. The Morgan fingerprint density at radius 1 is 1.30 bits per heavy atom. The van der Waals surface area contributed by atoms with Gasteiger partial charge in [-0.2, -0.15) is 0 Å². The molecule has 0 unspecified atom stereocenters. The Hall–Kier alpha value is -2.76. The minimum absolute atomic E-state index is 0.239. The lowest BCUT2D eigenvalue weighted by Crippen LogP contribution is -2.51. The van der Waals surface area contributed by atoms with E-state index in [2.05, 4.69) is 10.6 Å². The third-order valence-electron chi connectivity index (χ3n) is 3.80. The number of nitrogens with zero attached hydrogens (tertiary/aromatic N) is 1. The zero-order chi connectivity index (χ0) is 16.6. The Morgan fingerprint density at radius 3 is 2.78 bits per heavy atom. The molecule has 1 aromatic heterocycles. The molecule has 0 atom stereocenters. The van der Waals surface area contributed by atoms with E-state index in [0.29, 0.717) is 29.2 Å². The topological polar surface area (TPSA) is 72.4 Å². The number of hydrogen-bond acceptors (Lipinski definition) is 3.